The molecule has 124 valence electrons. The number of nitrogens with zero attached hydrogens (tertiary/aromatic N) is 1. The minimum absolute atomic E-state index is 0.145. The first-order chi connectivity index (χ1) is 10.8. The van der Waals surface area contributed by atoms with E-state index >= 15 is 0 Å². The lowest BCUT2D eigenvalue weighted by Crippen LogP contribution is -2.21. The van der Waals surface area contributed by atoms with Gasteiger partial charge in [-0.15, -0.1) is 0 Å². The normalized spacial score (nSPS) is 11.3. The van der Waals surface area contributed by atoms with Gasteiger partial charge in [0.25, 0.3) is 0 Å². The molecule has 23 heavy (non-hydrogen) atoms. The Kier molecular flexibility index (Phi) is 5.08. The second-order valence-electron chi connectivity index (χ2n) is 6.56. The Labute approximate surface area is 137 Å². The fourth-order valence-corrected chi connectivity index (χ4v) is 2.35. The maximum Gasteiger partial charge on any atom is 0.324 e. The molecule has 0 saturated heterocycles. The first-order valence-electron chi connectivity index (χ1n) is 8.01. The minimum atomic E-state index is -0.311. The average Bonchev–Trinajstić information content (AvgIpc) is 2.96. The van der Waals surface area contributed by atoms with Gasteiger partial charge in [0, 0.05) is 17.2 Å². The molecule has 2 aromatic rings. The molecule has 1 heterocycles. The summed E-state index contributed by atoms with van der Waals surface area (Å²) in [6.45, 7) is 10.2. The molecule has 5 nitrogen and oxygen atoms in total. The van der Waals surface area contributed by atoms with Crippen LogP contribution in [0.4, 0.5) is 16.3 Å². The predicted molar refractivity (Wildman–Crippen MR) is 93.0 cm³/mol. The monoisotopic (exact) mass is 315 g/mol. The van der Waals surface area contributed by atoms with Crippen LogP contribution < -0.4 is 10.6 Å². The molecule has 0 radical (unpaired) electrons. The van der Waals surface area contributed by atoms with Crippen molar-refractivity contribution in [2.75, 3.05) is 10.6 Å². The van der Waals surface area contributed by atoms with E-state index in [0.717, 1.165) is 35.4 Å². The Morgan fingerprint density at radius 1 is 1.13 bits per heavy atom. The molecule has 1 aromatic heterocycles. The number of benzene rings is 1. The van der Waals surface area contributed by atoms with Gasteiger partial charge in [-0.2, -0.15) is 0 Å². The number of carbonyl (C=O) groups is 1. The van der Waals surface area contributed by atoms with Crippen molar-refractivity contribution in [1.82, 2.24) is 5.16 Å². The number of urea groups is 1. The highest BCUT2D eigenvalue weighted by Gasteiger charge is 2.20. The van der Waals surface area contributed by atoms with Crippen LogP contribution in [0.5, 0.6) is 0 Å². The van der Waals surface area contributed by atoms with Crippen molar-refractivity contribution in [3.8, 4) is 0 Å². The average molecular weight is 315 g/mol. The topological polar surface area (TPSA) is 67.2 Å². The minimum Gasteiger partial charge on any atom is -0.359 e. The van der Waals surface area contributed by atoms with Crippen molar-refractivity contribution in [3.05, 3.63) is 41.2 Å². The zero-order valence-corrected chi connectivity index (χ0v) is 14.5. The summed E-state index contributed by atoms with van der Waals surface area (Å²) in [4.78, 5) is 12.3. The molecular formula is C18H25N3O2. The van der Waals surface area contributed by atoms with Gasteiger partial charge < -0.3 is 9.84 Å². The number of hydrogen-bond donors (Lipinski definition) is 2. The van der Waals surface area contributed by atoms with Crippen molar-refractivity contribution >= 4 is 17.5 Å². The van der Waals surface area contributed by atoms with Gasteiger partial charge in [-0.25, -0.2) is 4.79 Å². The fourth-order valence-electron chi connectivity index (χ4n) is 2.35. The second-order valence-corrected chi connectivity index (χ2v) is 6.56. The first-order valence-corrected chi connectivity index (χ1v) is 8.01. The highest BCUT2D eigenvalue weighted by Crippen LogP contribution is 2.25. The van der Waals surface area contributed by atoms with Crippen LogP contribution in [-0.4, -0.2) is 11.2 Å². The summed E-state index contributed by atoms with van der Waals surface area (Å²) in [5.74, 6) is 1.15. The van der Waals surface area contributed by atoms with Gasteiger partial charge in [0.2, 0.25) is 0 Å². The summed E-state index contributed by atoms with van der Waals surface area (Å²) >= 11 is 0. The Morgan fingerprint density at radius 2 is 1.74 bits per heavy atom. The van der Waals surface area contributed by atoms with Gasteiger partial charge >= 0.3 is 6.03 Å². The van der Waals surface area contributed by atoms with Crippen LogP contribution in [-0.2, 0) is 18.3 Å². The summed E-state index contributed by atoms with van der Waals surface area (Å²) in [5.41, 5.74) is 2.98. The standard InChI is InChI=1S/C18H25N3O2/c1-6-12-9-8-10-13(7-2)16(12)20-17(22)19-15-11-14(23-21-15)18(3,4)5/h8-11H,6-7H2,1-5H3,(H2,19,20,21,22). The molecule has 5 heteroatoms. The largest absolute Gasteiger partial charge is 0.359 e. The van der Waals surface area contributed by atoms with E-state index in [9.17, 15) is 4.79 Å². The van der Waals surface area contributed by atoms with Crippen LogP contribution in [0.15, 0.2) is 28.8 Å². The molecule has 0 fully saturated rings. The third kappa shape index (κ3) is 4.12. The molecule has 0 aliphatic heterocycles. The van der Waals surface area contributed by atoms with Gasteiger partial charge in [0.1, 0.15) is 5.76 Å². The molecule has 2 N–H and O–H groups in total. The predicted octanol–water partition coefficient (Wildman–Crippen LogP) is 4.74. The molecule has 0 unspecified atom stereocenters. The van der Waals surface area contributed by atoms with E-state index in [1.54, 1.807) is 6.07 Å². The van der Waals surface area contributed by atoms with Gasteiger partial charge in [-0.05, 0) is 24.0 Å². The van der Waals surface area contributed by atoms with E-state index < -0.39 is 0 Å². The molecule has 0 atom stereocenters. The van der Waals surface area contributed by atoms with Crippen LogP contribution in [0.3, 0.4) is 0 Å². The van der Waals surface area contributed by atoms with Crippen molar-refractivity contribution in [1.29, 1.82) is 0 Å². The van der Waals surface area contributed by atoms with Crippen LogP contribution in [0.2, 0.25) is 0 Å². The fraction of sp³-hybridized carbons (Fsp3) is 0.444. The number of nitrogens with one attached hydrogen (secondary N) is 2. The van der Waals surface area contributed by atoms with E-state index in [4.69, 9.17) is 4.52 Å². The first kappa shape index (κ1) is 17.1. The van der Waals surface area contributed by atoms with Crippen LogP contribution in [0.1, 0.15) is 51.5 Å². The third-order valence-electron chi connectivity index (χ3n) is 3.73. The molecule has 1 aromatic carbocycles. The number of amides is 2. The number of carbonyl (C=O) groups excluding carboxylic acids is 1. The number of aromatic nitrogens is 1. The van der Waals surface area contributed by atoms with Gasteiger partial charge in [0.05, 0.1) is 0 Å². The van der Waals surface area contributed by atoms with E-state index in [1.165, 1.54) is 0 Å². The Hall–Kier alpha value is -2.30. The molecule has 0 aliphatic rings. The molecule has 0 aliphatic carbocycles. The summed E-state index contributed by atoms with van der Waals surface area (Å²) in [5, 5.41) is 9.58. The Bertz CT molecular complexity index is 662. The number of rotatable bonds is 4. The summed E-state index contributed by atoms with van der Waals surface area (Å²) in [7, 11) is 0. The zero-order valence-electron chi connectivity index (χ0n) is 14.5. The molecule has 2 amide bonds. The Morgan fingerprint density at radius 3 is 2.22 bits per heavy atom. The van der Waals surface area contributed by atoms with Gasteiger partial charge in [-0.3, -0.25) is 5.32 Å². The maximum atomic E-state index is 12.3. The van der Waals surface area contributed by atoms with E-state index in [-0.39, 0.29) is 11.4 Å². The maximum absolute atomic E-state index is 12.3. The molecule has 2 rings (SSSR count). The summed E-state index contributed by atoms with van der Waals surface area (Å²) in [6.07, 6.45) is 1.73. The Balaban J connectivity index is 2.13. The lowest BCUT2D eigenvalue weighted by molar-refractivity contribution is 0.261. The number of hydrogen-bond acceptors (Lipinski definition) is 3. The van der Waals surface area contributed by atoms with E-state index in [2.05, 4.69) is 29.6 Å². The quantitative estimate of drug-likeness (QED) is 0.856. The molecule has 0 saturated carbocycles. The SMILES string of the molecule is CCc1cccc(CC)c1NC(=O)Nc1cc(C(C)(C)C)on1. The van der Waals surface area contributed by atoms with E-state index in [0.29, 0.717) is 5.82 Å². The smallest absolute Gasteiger partial charge is 0.324 e. The van der Waals surface area contributed by atoms with Crippen LogP contribution in [0, 0.1) is 0 Å². The summed E-state index contributed by atoms with van der Waals surface area (Å²) in [6, 6.07) is 7.53. The lowest BCUT2D eigenvalue weighted by Gasteiger charge is -2.14. The number of anilines is 2. The molecule has 0 bridgehead atoms. The van der Waals surface area contributed by atoms with Crippen molar-refractivity contribution in [2.24, 2.45) is 0 Å². The lowest BCUT2D eigenvalue weighted by atomic mass is 9.93. The molecular weight excluding hydrogens is 290 g/mol. The van der Waals surface area contributed by atoms with Crippen molar-refractivity contribution in [3.63, 3.8) is 0 Å². The van der Waals surface area contributed by atoms with Crippen LogP contribution >= 0.6 is 0 Å². The van der Waals surface area contributed by atoms with Crippen molar-refractivity contribution < 1.29 is 9.32 Å². The molecule has 0 spiro atoms. The number of para-hydroxylation sites is 1. The highest BCUT2D eigenvalue weighted by molar-refractivity contribution is 6.00. The second kappa shape index (κ2) is 6.86. The number of aryl methyl sites for hydroxylation is 2. The zero-order chi connectivity index (χ0) is 17.0. The van der Waals surface area contributed by atoms with Crippen LogP contribution in [0.25, 0.3) is 0 Å². The summed E-state index contributed by atoms with van der Waals surface area (Å²) < 4.78 is 5.28. The third-order valence-corrected chi connectivity index (χ3v) is 3.73. The van der Waals surface area contributed by atoms with Gasteiger partial charge in [0.15, 0.2) is 5.82 Å². The van der Waals surface area contributed by atoms with Crippen molar-refractivity contribution in [2.45, 2.75) is 52.9 Å². The van der Waals surface area contributed by atoms with Gasteiger partial charge in [-0.1, -0.05) is 58.0 Å². The highest BCUT2D eigenvalue weighted by atomic mass is 16.5. The van der Waals surface area contributed by atoms with E-state index in [1.807, 2.05) is 39.0 Å².